The van der Waals surface area contributed by atoms with Crippen molar-refractivity contribution in [1.29, 1.82) is 0 Å². The molecular formula is C20H12Cl2N2O5S. The van der Waals surface area contributed by atoms with E-state index < -0.39 is 17.3 Å². The van der Waals surface area contributed by atoms with Crippen molar-refractivity contribution < 1.29 is 18.7 Å². The van der Waals surface area contributed by atoms with Crippen molar-refractivity contribution >= 4 is 67.6 Å². The molecule has 2 aromatic heterocycles. The maximum atomic E-state index is 12.8. The maximum absolute atomic E-state index is 12.8. The van der Waals surface area contributed by atoms with Crippen molar-refractivity contribution in [2.75, 3.05) is 7.11 Å². The number of carbonyl (C=O) groups is 2. The van der Waals surface area contributed by atoms with Gasteiger partial charge in [0, 0.05) is 0 Å². The van der Waals surface area contributed by atoms with Crippen LogP contribution in [-0.2, 0) is 16.1 Å². The molecule has 0 aliphatic heterocycles. The minimum absolute atomic E-state index is 0.164. The van der Waals surface area contributed by atoms with E-state index in [1.165, 1.54) is 11.7 Å². The molecular weight excluding hydrogens is 451 g/mol. The van der Waals surface area contributed by atoms with E-state index in [0.29, 0.717) is 15.8 Å². The number of rotatable bonds is 3. The number of hydrogen-bond acceptors (Lipinski definition) is 6. The Morgan fingerprint density at radius 2 is 1.97 bits per heavy atom. The number of amides is 1. The Morgan fingerprint density at radius 1 is 1.20 bits per heavy atom. The molecule has 0 N–H and O–H groups in total. The topological polar surface area (TPSA) is 90.9 Å². The van der Waals surface area contributed by atoms with Crippen molar-refractivity contribution in [2.45, 2.75) is 6.54 Å². The molecule has 0 aliphatic carbocycles. The van der Waals surface area contributed by atoms with Crippen LogP contribution in [0.1, 0.15) is 10.4 Å². The van der Waals surface area contributed by atoms with E-state index in [0.717, 1.165) is 17.6 Å². The SMILES string of the molecule is COC(=O)Cn1c(=NC(=O)c2coc3ccccc3c2=O)sc2ccc(Cl)c(Cl)c21. The highest BCUT2D eigenvalue weighted by Gasteiger charge is 2.18. The number of fused-ring (bicyclic) bond motifs is 2. The highest BCUT2D eigenvalue weighted by molar-refractivity contribution is 7.16. The fourth-order valence-corrected chi connectivity index (χ4v) is 4.41. The summed E-state index contributed by atoms with van der Waals surface area (Å²) in [6.45, 7) is -0.241. The summed E-state index contributed by atoms with van der Waals surface area (Å²) in [5.41, 5.74) is 0.0898. The Kier molecular flexibility index (Phi) is 5.46. The summed E-state index contributed by atoms with van der Waals surface area (Å²) in [6.07, 6.45) is 1.08. The standard InChI is InChI=1S/C20H12Cl2N2O5S/c1-28-15(25)8-24-17-14(7-6-12(21)16(17)22)30-20(24)23-19(27)11-9-29-13-5-3-2-4-10(13)18(11)26/h2-7,9H,8H2,1H3. The van der Waals surface area contributed by atoms with Gasteiger partial charge < -0.3 is 13.7 Å². The molecule has 0 atom stereocenters. The number of thiazole rings is 1. The van der Waals surface area contributed by atoms with Gasteiger partial charge in [0.1, 0.15) is 24.0 Å². The first-order chi connectivity index (χ1) is 14.4. The Morgan fingerprint density at radius 3 is 2.73 bits per heavy atom. The summed E-state index contributed by atoms with van der Waals surface area (Å²) in [6, 6.07) is 9.90. The van der Waals surface area contributed by atoms with Gasteiger partial charge in [-0.25, -0.2) is 0 Å². The van der Waals surface area contributed by atoms with Gasteiger partial charge in [0.2, 0.25) is 5.43 Å². The second kappa shape index (κ2) is 8.06. The van der Waals surface area contributed by atoms with Gasteiger partial charge in [-0.1, -0.05) is 46.7 Å². The zero-order valence-electron chi connectivity index (χ0n) is 15.3. The summed E-state index contributed by atoms with van der Waals surface area (Å²) in [5, 5.41) is 0.772. The van der Waals surface area contributed by atoms with Gasteiger partial charge in [-0.05, 0) is 24.3 Å². The predicted molar refractivity (Wildman–Crippen MR) is 114 cm³/mol. The first-order valence-corrected chi connectivity index (χ1v) is 10.1. The number of aromatic nitrogens is 1. The minimum Gasteiger partial charge on any atom is -0.468 e. The number of para-hydroxylation sites is 1. The van der Waals surface area contributed by atoms with E-state index in [4.69, 9.17) is 32.4 Å². The molecule has 4 aromatic rings. The van der Waals surface area contributed by atoms with Crippen molar-refractivity contribution in [3.05, 3.63) is 73.3 Å². The summed E-state index contributed by atoms with van der Waals surface area (Å²) in [5.74, 6) is -1.37. The molecule has 0 aliphatic rings. The van der Waals surface area contributed by atoms with Gasteiger partial charge in [0.15, 0.2) is 4.80 Å². The lowest BCUT2D eigenvalue weighted by molar-refractivity contribution is -0.141. The summed E-state index contributed by atoms with van der Waals surface area (Å²) in [4.78, 5) is 41.6. The Balaban J connectivity index is 1.92. The van der Waals surface area contributed by atoms with Crippen LogP contribution in [0.2, 0.25) is 10.0 Å². The Bertz CT molecular complexity index is 1450. The lowest BCUT2D eigenvalue weighted by atomic mass is 10.2. The quantitative estimate of drug-likeness (QED) is 0.428. The number of hydrogen-bond donors (Lipinski definition) is 0. The molecule has 1 amide bonds. The normalized spacial score (nSPS) is 11.9. The van der Waals surface area contributed by atoms with Gasteiger partial charge in [0.05, 0.1) is 32.8 Å². The third kappa shape index (κ3) is 3.54. The molecule has 30 heavy (non-hydrogen) atoms. The Labute approximate surface area is 182 Å². The number of nitrogens with zero attached hydrogens (tertiary/aromatic N) is 2. The van der Waals surface area contributed by atoms with Gasteiger partial charge in [0.25, 0.3) is 5.91 Å². The molecule has 2 aromatic carbocycles. The van der Waals surface area contributed by atoms with E-state index in [1.54, 1.807) is 36.4 Å². The zero-order chi connectivity index (χ0) is 21.4. The number of ether oxygens (including phenoxy) is 1. The van der Waals surface area contributed by atoms with E-state index in [2.05, 4.69) is 4.99 Å². The molecule has 0 spiro atoms. The number of carbonyl (C=O) groups excluding carboxylic acids is 2. The van der Waals surface area contributed by atoms with Crippen LogP contribution in [0.5, 0.6) is 0 Å². The lowest BCUT2D eigenvalue weighted by Crippen LogP contribution is -2.23. The molecule has 2 heterocycles. The fraction of sp³-hybridized carbons (Fsp3) is 0.100. The van der Waals surface area contributed by atoms with E-state index in [1.807, 2.05) is 0 Å². The molecule has 0 bridgehead atoms. The molecule has 7 nitrogen and oxygen atoms in total. The van der Waals surface area contributed by atoms with Crippen LogP contribution in [0.3, 0.4) is 0 Å². The van der Waals surface area contributed by atoms with Crippen molar-refractivity contribution in [3.63, 3.8) is 0 Å². The van der Waals surface area contributed by atoms with E-state index >= 15 is 0 Å². The van der Waals surface area contributed by atoms with Crippen LogP contribution in [0.4, 0.5) is 0 Å². The predicted octanol–water partition coefficient (Wildman–Crippen LogP) is 4.03. The zero-order valence-corrected chi connectivity index (χ0v) is 17.7. The molecule has 4 rings (SSSR count). The summed E-state index contributed by atoms with van der Waals surface area (Å²) < 4.78 is 12.2. The van der Waals surface area contributed by atoms with Crippen LogP contribution in [-0.4, -0.2) is 23.6 Å². The molecule has 0 radical (unpaired) electrons. The lowest BCUT2D eigenvalue weighted by Gasteiger charge is -2.06. The van der Waals surface area contributed by atoms with Crippen molar-refractivity contribution in [3.8, 4) is 0 Å². The van der Waals surface area contributed by atoms with Crippen LogP contribution in [0.25, 0.3) is 21.2 Å². The number of benzene rings is 2. The minimum atomic E-state index is -0.804. The monoisotopic (exact) mass is 462 g/mol. The van der Waals surface area contributed by atoms with Crippen LogP contribution >= 0.6 is 34.5 Å². The fourth-order valence-electron chi connectivity index (χ4n) is 2.90. The Hall–Kier alpha value is -2.94. The third-order valence-corrected chi connectivity index (χ3v) is 6.19. The van der Waals surface area contributed by atoms with Crippen molar-refractivity contribution in [2.24, 2.45) is 4.99 Å². The molecule has 0 fully saturated rings. The van der Waals surface area contributed by atoms with E-state index in [9.17, 15) is 14.4 Å². The van der Waals surface area contributed by atoms with Crippen LogP contribution in [0, 0.1) is 0 Å². The summed E-state index contributed by atoms with van der Waals surface area (Å²) in [7, 11) is 1.24. The van der Waals surface area contributed by atoms with Gasteiger partial charge in [-0.15, -0.1) is 0 Å². The number of halogens is 2. The molecule has 0 saturated heterocycles. The largest absolute Gasteiger partial charge is 0.468 e. The third-order valence-electron chi connectivity index (χ3n) is 4.36. The van der Waals surface area contributed by atoms with Crippen LogP contribution < -0.4 is 10.2 Å². The first kappa shape index (κ1) is 20.3. The van der Waals surface area contributed by atoms with Crippen molar-refractivity contribution in [1.82, 2.24) is 4.57 Å². The maximum Gasteiger partial charge on any atom is 0.325 e. The first-order valence-electron chi connectivity index (χ1n) is 8.54. The summed E-state index contributed by atoms with van der Waals surface area (Å²) >= 11 is 13.6. The highest BCUT2D eigenvalue weighted by Crippen LogP contribution is 2.32. The number of methoxy groups -OCH3 is 1. The number of esters is 1. The second-order valence-corrected chi connectivity index (χ2v) is 7.94. The van der Waals surface area contributed by atoms with Gasteiger partial charge >= 0.3 is 5.97 Å². The smallest absolute Gasteiger partial charge is 0.325 e. The molecule has 152 valence electrons. The van der Waals surface area contributed by atoms with Crippen LogP contribution in [0.15, 0.2) is 56.9 Å². The van der Waals surface area contributed by atoms with Gasteiger partial charge in [-0.3, -0.25) is 14.4 Å². The molecule has 0 unspecified atom stereocenters. The second-order valence-electron chi connectivity index (χ2n) is 6.15. The molecule has 10 heteroatoms. The van der Waals surface area contributed by atoms with E-state index in [-0.39, 0.29) is 32.3 Å². The average molecular weight is 463 g/mol. The molecule has 0 saturated carbocycles. The highest BCUT2D eigenvalue weighted by atomic mass is 35.5. The van der Waals surface area contributed by atoms with Gasteiger partial charge in [-0.2, -0.15) is 4.99 Å². The average Bonchev–Trinajstić information content (AvgIpc) is 3.08.